The summed E-state index contributed by atoms with van der Waals surface area (Å²) in [4.78, 5) is 3.77. The monoisotopic (exact) mass is 489 g/mol. The number of anilines is 1. The van der Waals surface area contributed by atoms with Crippen molar-refractivity contribution in [3.05, 3.63) is 64.9 Å². The number of nitrogens with one attached hydrogen (secondary N) is 2. The Morgan fingerprint density at radius 2 is 2.09 bits per heavy atom. The van der Waals surface area contributed by atoms with Gasteiger partial charge in [0.05, 0.1) is 17.1 Å². The summed E-state index contributed by atoms with van der Waals surface area (Å²) >= 11 is 6.95. The molecule has 0 amide bonds. The number of hydrogen-bond acceptors (Lipinski definition) is 8. The number of halogens is 1. The second-order valence-electron chi connectivity index (χ2n) is 7.34. The van der Waals surface area contributed by atoms with Gasteiger partial charge in [-0.2, -0.15) is 9.64 Å². The molecule has 3 aromatic rings. The highest BCUT2D eigenvalue weighted by Gasteiger charge is 2.27. The van der Waals surface area contributed by atoms with Crippen molar-refractivity contribution in [3.63, 3.8) is 0 Å². The number of sulfonamides is 1. The molecule has 2 heterocycles. The number of nitrogens with zero attached hydrogens (tertiary/aromatic N) is 3. The lowest BCUT2D eigenvalue weighted by atomic mass is 9.81. The quantitative estimate of drug-likeness (QED) is 0.520. The van der Waals surface area contributed by atoms with E-state index in [1.54, 1.807) is 0 Å². The smallest absolute Gasteiger partial charge is 0.263 e. The molecule has 11 heteroatoms. The third-order valence-electron chi connectivity index (χ3n) is 5.32. The molecule has 2 aromatic carbocycles. The molecule has 32 heavy (non-hydrogen) atoms. The SMILES string of the molecule is N#Cc1cc(S(=O)(=O)Nc2ncns2)ccc1OCC1CNCCC1c1ccc(Cl)cc1. The predicted molar refractivity (Wildman–Crippen MR) is 123 cm³/mol. The Morgan fingerprint density at radius 3 is 2.81 bits per heavy atom. The van der Waals surface area contributed by atoms with Crippen LogP contribution in [0.5, 0.6) is 5.75 Å². The van der Waals surface area contributed by atoms with Crippen molar-refractivity contribution in [2.24, 2.45) is 5.92 Å². The van der Waals surface area contributed by atoms with E-state index in [-0.39, 0.29) is 21.5 Å². The van der Waals surface area contributed by atoms with Crippen LogP contribution in [0.2, 0.25) is 5.02 Å². The third-order valence-corrected chi connectivity index (χ3v) is 7.62. The van der Waals surface area contributed by atoms with Gasteiger partial charge in [-0.1, -0.05) is 23.7 Å². The van der Waals surface area contributed by atoms with Crippen LogP contribution in [0.15, 0.2) is 53.7 Å². The highest BCUT2D eigenvalue weighted by Crippen LogP contribution is 2.32. The maximum absolute atomic E-state index is 12.6. The van der Waals surface area contributed by atoms with Gasteiger partial charge in [-0.15, -0.1) is 0 Å². The molecule has 0 aliphatic carbocycles. The van der Waals surface area contributed by atoms with Crippen LogP contribution in [0.1, 0.15) is 23.5 Å². The van der Waals surface area contributed by atoms with Crippen LogP contribution in [0.3, 0.4) is 0 Å². The minimum Gasteiger partial charge on any atom is -0.492 e. The first kappa shape index (κ1) is 22.5. The molecule has 0 spiro atoms. The van der Waals surface area contributed by atoms with Crippen molar-refractivity contribution in [1.29, 1.82) is 5.26 Å². The highest BCUT2D eigenvalue weighted by molar-refractivity contribution is 7.93. The molecule has 4 rings (SSSR count). The van der Waals surface area contributed by atoms with Crippen LogP contribution in [0.25, 0.3) is 0 Å². The molecule has 166 valence electrons. The van der Waals surface area contributed by atoms with Crippen molar-refractivity contribution in [3.8, 4) is 11.8 Å². The first-order valence-electron chi connectivity index (χ1n) is 9.89. The van der Waals surface area contributed by atoms with Crippen molar-refractivity contribution in [2.45, 2.75) is 17.2 Å². The highest BCUT2D eigenvalue weighted by atomic mass is 35.5. The number of hydrogen-bond donors (Lipinski definition) is 2. The van der Waals surface area contributed by atoms with Gasteiger partial charge in [0.2, 0.25) is 5.13 Å². The summed E-state index contributed by atoms with van der Waals surface area (Å²) in [7, 11) is -3.89. The number of nitriles is 1. The number of rotatable bonds is 7. The first-order chi connectivity index (χ1) is 15.5. The lowest BCUT2D eigenvalue weighted by Gasteiger charge is -2.32. The fraction of sp³-hybridized carbons (Fsp3) is 0.286. The molecule has 2 atom stereocenters. The second kappa shape index (κ2) is 9.83. The number of piperidine rings is 1. The minimum atomic E-state index is -3.89. The van der Waals surface area contributed by atoms with Crippen molar-refractivity contribution < 1.29 is 13.2 Å². The van der Waals surface area contributed by atoms with Gasteiger partial charge in [-0.3, -0.25) is 4.72 Å². The van der Waals surface area contributed by atoms with E-state index in [0.29, 0.717) is 23.3 Å². The predicted octanol–water partition coefficient (Wildman–Crippen LogP) is 3.64. The summed E-state index contributed by atoms with van der Waals surface area (Å²) in [6.07, 6.45) is 2.23. The molecule has 1 saturated heterocycles. The maximum Gasteiger partial charge on any atom is 0.263 e. The van der Waals surface area contributed by atoms with Gasteiger partial charge in [-0.05, 0) is 54.8 Å². The van der Waals surface area contributed by atoms with Crippen molar-refractivity contribution in [2.75, 3.05) is 24.4 Å². The number of benzene rings is 2. The molecule has 0 radical (unpaired) electrons. The number of ether oxygens (including phenoxy) is 1. The van der Waals surface area contributed by atoms with Crippen LogP contribution >= 0.6 is 23.1 Å². The molecule has 1 aromatic heterocycles. The first-order valence-corrected chi connectivity index (χ1v) is 12.5. The standard InChI is InChI=1S/C21H20ClN5O3S2/c22-17-3-1-14(2-4-17)19-7-8-24-11-16(19)12-30-20-6-5-18(9-15(20)10-23)32(28,29)27-21-25-13-26-31-21/h1-6,9,13,16,19,24H,7-8,11-12H2,(H,25,26,27). The zero-order valence-corrected chi connectivity index (χ0v) is 19.3. The van der Waals surface area contributed by atoms with Gasteiger partial charge in [0.15, 0.2) is 0 Å². The van der Waals surface area contributed by atoms with Gasteiger partial charge in [-0.25, -0.2) is 13.4 Å². The Morgan fingerprint density at radius 1 is 1.28 bits per heavy atom. The Bertz CT molecular complexity index is 1210. The normalized spacial score (nSPS) is 18.6. The van der Waals surface area contributed by atoms with E-state index >= 15 is 0 Å². The van der Waals surface area contributed by atoms with Crippen molar-refractivity contribution in [1.82, 2.24) is 14.7 Å². The molecular formula is C21H20ClN5O3S2. The van der Waals surface area contributed by atoms with Gasteiger partial charge in [0.1, 0.15) is 18.1 Å². The van der Waals surface area contributed by atoms with E-state index in [1.807, 2.05) is 30.3 Å². The van der Waals surface area contributed by atoms with Gasteiger partial charge < -0.3 is 10.1 Å². The Kier molecular flexibility index (Phi) is 6.91. The molecule has 8 nitrogen and oxygen atoms in total. The summed E-state index contributed by atoms with van der Waals surface area (Å²) in [5, 5.41) is 13.8. The molecule has 0 bridgehead atoms. The van der Waals surface area contributed by atoms with Gasteiger partial charge in [0.25, 0.3) is 10.0 Å². The lowest BCUT2D eigenvalue weighted by molar-refractivity contribution is 0.196. The van der Waals surface area contributed by atoms with Crippen LogP contribution in [-0.2, 0) is 10.0 Å². The average Bonchev–Trinajstić information content (AvgIpc) is 3.30. The van der Waals surface area contributed by atoms with Crippen molar-refractivity contribution >= 4 is 38.3 Å². The van der Waals surface area contributed by atoms with Gasteiger partial charge in [0, 0.05) is 29.0 Å². The third kappa shape index (κ3) is 5.19. The molecule has 1 fully saturated rings. The van der Waals surface area contributed by atoms with E-state index in [0.717, 1.165) is 31.0 Å². The minimum absolute atomic E-state index is 0.0463. The molecule has 1 aliphatic rings. The van der Waals surface area contributed by atoms with E-state index in [9.17, 15) is 13.7 Å². The number of aromatic nitrogens is 2. The largest absolute Gasteiger partial charge is 0.492 e. The zero-order chi connectivity index (χ0) is 22.6. The summed E-state index contributed by atoms with van der Waals surface area (Å²) in [6.45, 7) is 2.10. The Labute approximate surface area is 195 Å². The summed E-state index contributed by atoms with van der Waals surface area (Å²) in [6, 6.07) is 14.1. The Hall–Kier alpha value is -2.71. The van der Waals surface area contributed by atoms with E-state index in [1.165, 1.54) is 30.1 Å². The molecular weight excluding hydrogens is 470 g/mol. The van der Waals surface area contributed by atoms with E-state index < -0.39 is 10.0 Å². The fourth-order valence-electron chi connectivity index (χ4n) is 3.73. The molecule has 1 aliphatic heterocycles. The molecule has 2 N–H and O–H groups in total. The fourth-order valence-corrected chi connectivity index (χ4v) is 5.54. The maximum atomic E-state index is 12.6. The van der Waals surface area contributed by atoms with Crippen LogP contribution in [0.4, 0.5) is 5.13 Å². The Balaban J connectivity index is 1.49. The average molecular weight is 490 g/mol. The van der Waals surface area contributed by atoms with Crippen LogP contribution < -0.4 is 14.8 Å². The second-order valence-corrected chi connectivity index (χ2v) is 10.2. The van der Waals surface area contributed by atoms with Gasteiger partial charge >= 0.3 is 0 Å². The van der Waals surface area contributed by atoms with Crippen LogP contribution in [-0.4, -0.2) is 37.5 Å². The summed E-state index contributed by atoms with van der Waals surface area (Å²) in [5.74, 6) is 0.844. The summed E-state index contributed by atoms with van der Waals surface area (Å²) in [5.41, 5.74) is 1.35. The van der Waals surface area contributed by atoms with Crippen LogP contribution in [0, 0.1) is 17.2 Å². The topological polar surface area (TPSA) is 117 Å². The molecule has 2 unspecified atom stereocenters. The zero-order valence-electron chi connectivity index (χ0n) is 16.9. The van der Waals surface area contributed by atoms with E-state index in [2.05, 4.69) is 19.4 Å². The molecule has 0 saturated carbocycles. The summed E-state index contributed by atoms with van der Waals surface area (Å²) < 4.78 is 37.2. The van der Waals surface area contributed by atoms with E-state index in [4.69, 9.17) is 16.3 Å². The lowest BCUT2D eigenvalue weighted by Crippen LogP contribution is -2.38.